The Kier molecular flexibility index (Phi) is 5.25. The molecule has 1 aromatic carbocycles. The minimum atomic E-state index is -0.559. The lowest BCUT2D eigenvalue weighted by Crippen LogP contribution is -2.28. The van der Waals surface area contributed by atoms with Crippen molar-refractivity contribution in [3.05, 3.63) is 51.9 Å². The van der Waals surface area contributed by atoms with Crippen LogP contribution >= 0.6 is 0 Å². The molecular formula is C19H21N3O5. The number of Topliss-reactive ketones (excluding diaryl/α,β-unsaturated/α-hetero) is 1. The first-order valence-electron chi connectivity index (χ1n) is 8.53. The van der Waals surface area contributed by atoms with Crippen LogP contribution < -0.4 is 15.3 Å². The summed E-state index contributed by atoms with van der Waals surface area (Å²) in [4.78, 5) is 42.6. The van der Waals surface area contributed by atoms with Crippen LogP contribution in [0.2, 0.25) is 0 Å². The molecule has 27 heavy (non-hydrogen) atoms. The first kappa shape index (κ1) is 18.6. The maximum absolute atomic E-state index is 12.6. The monoisotopic (exact) mass is 371 g/mol. The van der Waals surface area contributed by atoms with Crippen molar-refractivity contribution in [1.82, 2.24) is 9.55 Å². The smallest absolute Gasteiger partial charge is 0.352 e. The molecule has 2 aromatic rings. The minimum Gasteiger partial charge on any atom is -0.480 e. The largest absolute Gasteiger partial charge is 0.480 e. The molecule has 1 unspecified atom stereocenters. The summed E-state index contributed by atoms with van der Waals surface area (Å²) in [7, 11) is 2.67. The number of anilines is 1. The van der Waals surface area contributed by atoms with Crippen LogP contribution in [0.3, 0.4) is 0 Å². The van der Waals surface area contributed by atoms with Gasteiger partial charge in [-0.15, -0.1) is 0 Å². The molecule has 0 fully saturated rings. The van der Waals surface area contributed by atoms with Crippen LogP contribution in [0.25, 0.3) is 0 Å². The molecule has 0 aliphatic carbocycles. The SMILES string of the molecule is COC(=O)CC1CN(Cc2ccccc2)c2c(C(C)=O)c(OC)nc(=O)n21. The fourth-order valence-corrected chi connectivity index (χ4v) is 3.40. The number of benzene rings is 1. The van der Waals surface area contributed by atoms with Gasteiger partial charge in [0.25, 0.3) is 0 Å². The van der Waals surface area contributed by atoms with E-state index in [1.807, 2.05) is 35.2 Å². The molecule has 3 rings (SSSR count). The molecule has 2 heterocycles. The van der Waals surface area contributed by atoms with Crippen LogP contribution in [-0.2, 0) is 16.1 Å². The zero-order chi connectivity index (χ0) is 19.6. The second kappa shape index (κ2) is 7.61. The van der Waals surface area contributed by atoms with Crippen molar-refractivity contribution in [2.45, 2.75) is 25.9 Å². The van der Waals surface area contributed by atoms with E-state index in [4.69, 9.17) is 9.47 Å². The second-order valence-corrected chi connectivity index (χ2v) is 6.33. The van der Waals surface area contributed by atoms with Gasteiger partial charge < -0.3 is 14.4 Å². The number of aromatic nitrogens is 2. The van der Waals surface area contributed by atoms with Crippen molar-refractivity contribution in [1.29, 1.82) is 0 Å². The Bertz CT molecular complexity index is 923. The van der Waals surface area contributed by atoms with Gasteiger partial charge in [0.1, 0.15) is 11.4 Å². The molecular weight excluding hydrogens is 350 g/mol. The molecule has 1 aliphatic rings. The number of fused-ring (bicyclic) bond motifs is 1. The predicted molar refractivity (Wildman–Crippen MR) is 98.2 cm³/mol. The topological polar surface area (TPSA) is 90.7 Å². The van der Waals surface area contributed by atoms with Crippen molar-refractivity contribution < 1.29 is 19.1 Å². The number of carbonyl (C=O) groups is 2. The molecule has 0 bridgehead atoms. The number of hydrogen-bond acceptors (Lipinski definition) is 7. The average Bonchev–Trinajstić information content (AvgIpc) is 3.00. The molecule has 0 saturated carbocycles. The van der Waals surface area contributed by atoms with Gasteiger partial charge in [-0.3, -0.25) is 14.2 Å². The molecule has 8 heteroatoms. The van der Waals surface area contributed by atoms with Crippen molar-refractivity contribution >= 4 is 17.6 Å². The number of nitrogens with zero attached hydrogens (tertiary/aromatic N) is 3. The molecule has 1 aromatic heterocycles. The Balaban J connectivity index is 2.14. The Morgan fingerprint density at radius 3 is 2.52 bits per heavy atom. The Morgan fingerprint density at radius 1 is 1.22 bits per heavy atom. The summed E-state index contributed by atoms with van der Waals surface area (Å²) in [5.41, 5.74) is 0.692. The first-order chi connectivity index (χ1) is 13.0. The summed E-state index contributed by atoms with van der Waals surface area (Å²) < 4.78 is 11.3. The molecule has 8 nitrogen and oxygen atoms in total. The summed E-state index contributed by atoms with van der Waals surface area (Å²) in [6.07, 6.45) is 0.0139. The lowest BCUT2D eigenvalue weighted by atomic mass is 10.1. The lowest BCUT2D eigenvalue weighted by Gasteiger charge is -2.21. The van der Waals surface area contributed by atoms with Crippen LogP contribution in [0.4, 0.5) is 5.82 Å². The Morgan fingerprint density at radius 2 is 1.93 bits per heavy atom. The van der Waals surface area contributed by atoms with Crippen molar-refractivity contribution in [3.63, 3.8) is 0 Å². The van der Waals surface area contributed by atoms with E-state index in [1.165, 1.54) is 25.7 Å². The highest BCUT2D eigenvalue weighted by Gasteiger charge is 2.36. The van der Waals surface area contributed by atoms with Crippen molar-refractivity contribution in [3.8, 4) is 5.88 Å². The van der Waals surface area contributed by atoms with E-state index in [9.17, 15) is 14.4 Å². The number of methoxy groups -OCH3 is 2. The molecule has 0 N–H and O–H groups in total. The highest BCUT2D eigenvalue weighted by molar-refractivity contribution is 6.01. The van der Waals surface area contributed by atoms with Crippen molar-refractivity contribution in [2.24, 2.45) is 0 Å². The standard InChI is InChI=1S/C19H21N3O5/c1-12(23)16-17(27-3)20-19(25)22-14(9-15(24)26-2)11-21(18(16)22)10-13-7-5-4-6-8-13/h4-8,14H,9-11H2,1-3H3. The highest BCUT2D eigenvalue weighted by Crippen LogP contribution is 2.36. The maximum atomic E-state index is 12.6. The molecule has 142 valence electrons. The van der Waals surface area contributed by atoms with Crippen LogP contribution in [0.1, 0.15) is 35.3 Å². The van der Waals surface area contributed by atoms with E-state index in [2.05, 4.69) is 4.98 Å². The molecule has 0 spiro atoms. The van der Waals surface area contributed by atoms with E-state index in [0.29, 0.717) is 18.9 Å². The van der Waals surface area contributed by atoms with E-state index in [0.717, 1.165) is 5.56 Å². The average molecular weight is 371 g/mol. The summed E-state index contributed by atoms with van der Waals surface area (Å²) >= 11 is 0. The highest BCUT2D eigenvalue weighted by atomic mass is 16.5. The molecule has 0 saturated heterocycles. The van der Waals surface area contributed by atoms with E-state index in [-0.39, 0.29) is 23.6 Å². The van der Waals surface area contributed by atoms with Crippen LogP contribution in [0.15, 0.2) is 35.1 Å². The fourth-order valence-electron chi connectivity index (χ4n) is 3.40. The summed E-state index contributed by atoms with van der Waals surface area (Å²) in [6.45, 7) is 2.26. The number of esters is 1. The second-order valence-electron chi connectivity index (χ2n) is 6.33. The summed E-state index contributed by atoms with van der Waals surface area (Å²) in [5.74, 6) is -0.271. The van der Waals surface area contributed by atoms with Gasteiger partial charge in [0, 0.05) is 13.1 Å². The van der Waals surface area contributed by atoms with Crippen LogP contribution in [0.5, 0.6) is 5.88 Å². The van der Waals surface area contributed by atoms with E-state index < -0.39 is 17.7 Å². The molecule has 0 radical (unpaired) electrons. The van der Waals surface area contributed by atoms with Crippen LogP contribution in [0, 0.1) is 0 Å². The number of ketones is 1. The van der Waals surface area contributed by atoms with Crippen molar-refractivity contribution in [2.75, 3.05) is 25.7 Å². The summed E-state index contributed by atoms with van der Waals surface area (Å²) in [6, 6.07) is 9.21. The summed E-state index contributed by atoms with van der Waals surface area (Å²) in [5, 5.41) is 0. The lowest BCUT2D eigenvalue weighted by molar-refractivity contribution is -0.141. The van der Waals surface area contributed by atoms with Gasteiger partial charge in [0.2, 0.25) is 5.88 Å². The molecule has 1 aliphatic heterocycles. The molecule has 1 atom stereocenters. The van der Waals surface area contributed by atoms with Gasteiger partial charge in [-0.05, 0) is 12.5 Å². The zero-order valence-corrected chi connectivity index (χ0v) is 15.5. The fraction of sp³-hybridized carbons (Fsp3) is 0.368. The minimum absolute atomic E-state index is 0.00414. The quantitative estimate of drug-likeness (QED) is 0.562. The van der Waals surface area contributed by atoms with Gasteiger partial charge in [0.15, 0.2) is 5.78 Å². The third-order valence-corrected chi connectivity index (χ3v) is 4.56. The van der Waals surface area contributed by atoms with Gasteiger partial charge >= 0.3 is 11.7 Å². The van der Waals surface area contributed by atoms with Gasteiger partial charge in [-0.1, -0.05) is 30.3 Å². The zero-order valence-electron chi connectivity index (χ0n) is 15.5. The normalized spacial score (nSPS) is 15.4. The number of hydrogen-bond donors (Lipinski definition) is 0. The number of rotatable bonds is 6. The van der Waals surface area contributed by atoms with E-state index in [1.54, 1.807) is 0 Å². The predicted octanol–water partition coefficient (Wildman–Crippen LogP) is 1.58. The number of carbonyl (C=O) groups excluding carboxylic acids is 2. The van der Waals surface area contributed by atoms with Crippen LogP contribution in [-0.4, -0.2) is 42.1 Å². The van der Waals surface area contributed by atoms with Gasteiger partial charge in [-0.25, -0.2) is 4.79 Å². The van der Waals surface area contributed by atoms with Gasteiger partial charge in [-0.2, -0.15) is 4.98 Å². The third kappa shape index (κ3) is 3.55. The molecule has 0 amide bonds. The first-order valence-corrected chi connectivity index (χ1v) is 8.53. The maximum Gasteiger partial charge on any atom is 0.352 e. The Labute approximate surface area is 156 Å². The van der Waals surface area contributed by atoms with E-state index >= 15 is 0 Å². The Hall–Kier alpha value is -3.16. The van der Waals surface area contributed by atoms with Gasteiger partial charge in [0.05, 0.1) is 26.7 Å². The third-order valence-electron chi connectivity index (χ3n) is 4.56. The number of ether oxygens (including phenoxy) is 2.